The van der Waals surface area contributed by atoms with Crippen LogP contribution in [0.4, 0.5) is 0 Å². The van der Waals surface area contributed by atoms with Gasteiger partial charge in [0.25, 0.3) is 0 Å². The van der Waals surface area contributed by atoms with Gasteiger partial charge in [0.15, 0.2) is 9.84 Å². The second-order valence-corrected chi connectivity index (χ2v) is 9.60. The van der Waals surface area contributed by atoms with Gasteiger partial charge in [0.1, 0.15) is 0 Å². The van der Waals surface area contributed by atoms with Crippen LogP contribution in [-0.4, -0.2) is 53.5 Å². The third kappa shape index (κ3) is 6.38. The molecule has 0 aliphatic rings. The minimum Gasteiger partial charge on any atom is -0.481 e. The highest BCUT2D eigenvalue weighted by molar-refractivity contribution is 7.92. The van der Waals surface area contributed by atoms with Crippen LogP contribution in [0, 0.1) is 0 Å². The monoisotopic (exact) mass is 293 g/mol. The van der Waals surface area contributed by atoms with Crippen LogP contribution in [-0.2, 0) is 14.6 Å². The molecule has 0 unspecified atom stereocenters. The highest BCUT2D eigenvalue weighted by Crippen LogP contribution is 2.19. The first kappa shape index (κ1) is 18.4. The standard InChI is InChI=1S/C13H27NO4S/c1-12(2,3)14(8-7-11(15)16)9-10-19(17,18)13(4,5)6/h7-10H2,1-6H3,(H,15,16). The summed E-state index contributed by atoms with van der Waals surface area (Å²) in [7, 11) is -3.18. The number of rotatable bonds is 6. The van der Waals surface area contributed by atoms with Gasteiger partial charge in [-0.2, -0.15) is 0 Å². The van der Waals surface area contributed by atoms with Crippen molar-refractivity contribution in [3.8, 4) is 0 Å². The van der Waals surface area contributed by atoms with Gasteiger partial charge < -0.3 is 5.11 Å². The first-order chi connectivity index (χ1) is 8.27. The maximum atomic E-state index is 12.1. The molecule has 0 aromatic carbocycles. The largest absolute Gasteiger partial charge is 0.481 e. The molecule has 5 nitrogen and oxygen atoms in total. The predicted molar refractivity (Wildman–Crippen MR) is 77.1 cm³/mol. The Kier molecular flexibility index (Phi) is 6.02. The zero-order valence-corrected chi connectivity index (χ0v) is 13.7. The molecule has 0 rings (SSSR count). The Hall–Kier alpha value is -0.620. The Labute approximate surface area is 116 Å². The summed E-state index contributed by atoms with van der Waals surface area (Å²) >= 11 is 0. The van der Waals surface area contributed by atoms with Crippen LogP contribution in [0.1, 0.15) is 48.0 Å². The van der Waals surface area contributed by atoms with Crippen molar-refractivity contribution >= 4 is 15.8 Å². The topological polar surface area (TPSA) is 74.7 Å². The normalized spacial score (nSPS) is 13.8. The van der Waals surface area contributed by atoms with Gasteiger partial charge in [0, 0.05) is 18.6 Å². The summed E-state index contributed by atoms with van der Waals surface area (Å²) in [5.74, 6) is -0.819. The second kappa shape index (κ2) is 6.22. The number of carboxylic acids is 1. The lowest BCUT2D eigenvalue weighted by Gasteiger charge is -2.36. The molecule has 114 valence electrons. The molecule has 0 amide bonds. The summed E-state index contributed by atoms with van der Waals surface area (Å²) < 4.78 is 23.4. The molecule has 0 bridgehead atoms. The van der Waals surface area contributed by atoms with Crippen LogP contribution < -0.4 is 0 Å². The second-order valence-electron chi connectivity index (χ2n) is 6.73. The molecule has 1 N–H and O–H groups in total. The third-order valence-corrected chi connectivity index (χ3v) is 5.69. The minimum atomic E-state index is -3.18. The molecule has 6 heteroatoms. The minimum absolute atomic E-state index is 0.0207. The van der Waals surface area contributed by atoms with Gasteiger partial charge in [-0.3, -0.25) is 9.69 Å². The molecule has 0 aromatic heterocycles. The average molecular weight is 293 g/mol. The molecule has 0 radical (unpaired) electrons. The number of hydrogen-bond acceptors (Lipinski definition) is 4. The highest BCUT2D eigenvalue weighted by atomic mass is 32.2. The van der Waals surface area contributed by atoms with Gasteiger partial charge in [0.05, 0.1) is 16.9 Å². The Morgan fingerprint density at radius 2 is 1.53 bits per heavy atom. The van der Waals surface area contributed by atoms with E-state index >= 15 is 0 Å². The molecule has 0 aliphatic carbocycles. The van der Waals surface area contributed by atoms with E-state index in [1.807, 2.05) is 25.7 Å². The first-order valence-electron chi connectivity index (χ1n) is 6.46. The summed E-state index contributed by atoms with van der Waals surface area (Å²) in [4.78, 5) is 12.6. The smallest absolute Gasteiger partial charge is 0.304 e. The molecule has 0 aliphatic heterocycles. The lowest BCUT2D eigenvalue weighted by Crippen LogP contribution is -2.46. The van der Waals surface area contributed by atoms with Crippen LogP contribution in [0.5, 0.6) is 0 Å². The van der Waals surface area contributed by atoms with Crippen molar-refractivity contribution in [1.29, 1.82) is 0 Å². The Balaban J connectivity index is 4.74. The molecular formula is C13H27NO4S. The fourth-order valence-electron chi connectivity index (χ4n) is 1.55. The van der Waals surface area contributed by atoms with E-state index in [4.69, 9.17) is 5.11 Å². The summed E-state index contributed by atoms with van der Waals surface area (Å²) in [5, 5.41) is 8.74. The molecule has 0 aromatic rings. The number of aliphatic carboxylic acids is 1. The van der Waals surface area contributed by atoms with Crippen molar-refractivity contribution in [3.63, 3.8) is 0 Å². The van der Waals surface area contributed by atoms with Crippen molar-refractivity contribution in [1.82, 2.24) is 4.90 Å². The molecule has 0 saturated heterocycles. The van der Waals surface area contributed by atoms with E-state index < -0.39 is 20.6 Å². The molecule has 0 fully saturated rings. The van der Waals surface area contributed by atoms with E-state index in [1.165, 1.54) is 0 Å². The maximum Gasteiger partial charge on any atom is 0.304 e. The Morgan fingerprint density at radius 1 is 1.05 bits per heavy atom. The Bertz CT molecular complexity index is 401. The lowest BCUT2D eigenvalue weighted by atomic mass is 10.1. The van der Waals surface area contributed by atoms with Crippen LogP contribution in [0.15, 0.2) is 0 Å². The quantitative estimate of drug-likeness (QED) is 0.808. The number of carbonyl (C=O) groups is 1. The van der Waals surface area contributed by atoms with Gasteiger partial charge in [-0.1, -0.05) is 0 Å². The van der Waals surface area contributed by atoms with E-state index in [-0.39, 0.29) is 17.7 Å². The zero-order valence-electron chi connectivity index (χ0n) is 12.9. The fourth-order valence-corrected chi connectivity index (χ4v) is 2.62. The maximum absolute atomic E-state index is 12.1. The fraction of sp³-hybridized carbons (Fsp3) is 0.923. The van der Waals surface area contributed by atoms with Gasteiger partial charge in [-0.15, -0.1) is 0 Å². The van der Waals surface area contributed by atoms with Crippen LogP contribution in [0.2, 0.25) is 0 Å². The third-order valence-electron chi connectivity index (χ3n) is 3.11. The van der Waals surface area contributed by atoms with Crippen molar-refractivity contribution in [2.75, 3.05) is 18.8 Å². The summed E-state index contributed by atoms with van der Waals surface area (Å²) in [6.45, 7) is 11.6. The number of hydrogen-bond donors (Lipinski definition) is 1. The van der Waals surface area contributed by atoms with E-state index in [9.17, 15) is 13.2 Å². The summed E-state index contributed by atoms with van der Waals surface area (Å²) in [6, 6.07) is 0. The van der Waals surface area contributed by atoms with Crippen LogP contribution in [0.3, 0.4) is 0 Å². The van der Waals surface area contributed by atoms with Gasteiger partial charge in [-0.25, -0.2) is 8.42 Å². The number of sulfone groups is 1. The highest BCUT2D eigenvalue weighted by Gasteiger charge is 2.31. The summed E-state index contributed by atoms with van der Waals surface area (Å²) in [6.07, 6.45) is 0.0207. The lowest BCUT2D eigenvalue weighted by molar-refractivity contribution is -0.137. The zero-order chi connectivity index (χ0) is 15.5. The molecule has 0 spiro atoms. The van der Waals surface area contributed by atoms with E-state index in [2.05, 4.69) is 0 Å². The molecule has 0 heterocycles. The van der Waals surface area contributed by atoms with E-state index in [0.29, 0.717) is 13.1 Å². The Morgan fingerprint density at radius 3 is 1.84 bits per heavy atom. The predicted octanol–water partition coefficient (Wildman–Crippen LogP) is 1.77. The molecule has 19 heavy (non-hydrogen) atoms. The van der Waals surface area contributed by atoms with Crippen molar-refractivity contribution in [2.24, 2.45) is 0 Å². The number of nitrogens with zero attached hydrogens (tertiary/aromatic N) is 1. The number of carboxylic acid groups (broad SMARTS) is 1. The van der Waals surface area contributed by atoms with E-state index in [1.54, 1.807) is 20.8 Å². The SMILES string of the molecule is CC(C)(C)N(CCC(=O)O)CCS(=O)(=O)C(C)(C)C. The van der Waals surface area contributed by atoms with Crippen molar-refractivity contribution < 1.29 is 18.3 Å². The van der Waals surface area contributed by atoms with Gasteiger partial charge in [-0.05, 0) is 41.5 Å². The van der Waals surface area contributed by atoms with Crippen molar-refractivity contribution in [2.45, 2.75) is 58.2 Å². The van der Waals surface area contributed by atoms with Gasteiger partial charge >= 0.3 is 5.97 Å². The van der Waals surface area contributed by atoms with Crippen LogP contribution in [0.25, 0.3) is 0 Å². The van der Waals surface area contributed by atoms with E-state index in [0.717, 1.165) is 0 Å². The van der Waals surface area contributed by atoms with Crippen LogP contribution >= 0.6 is 0 Å². The van der Waals surface area contributed by atoms with Gasteiger partial charge in [0.2, 0.25) is 0 Å². The molecular weight excluding hydrogens is 266 g/mol. The molecule has 0 saturated carbocycles. The summed E-state index contributed by atoms with van der Waals surface area (Å²) in [5.41, 5.74) is -0.247. The molecule has 0 atom stereocenters. The van der Waals surface area contributed by atoms with Crippen molar-refractivity contribution in [3.05, 3.63) is 0 Å². The average Bonchev–Trinajstić information content (AvgIpc) is 2.12. The first-order valence-corrected chi connectivity index (χ1v) is 8.12.